The first-order valence-corrected chi connectivity index (χ1v) is 10.6. The number of amides is 1. The zero-order valence-corrected chi connectivity index (χ0v) is 18.6. The van der Waals surface area contributed by atoms with Crippen molar-refractivity contribution in [2.75, 3.05) is 0 Å². The molecule has 1 aliphatic carbocycles. The summed E-state index contributed by atoms with van der Waals surface area (Å²) in [5.41, 5.74) is -0.210. The SMILES string of the molecule is CC(C)(C)OC(=O)N[C@H](CCC(=O)OCc1ccc([N+](=O)[O-])cc1)C(=O)OC1CCCC1. The number of nitrogens with one attached hydrogen (secondary N) is 1. The Bertz CT molecular complexity index is 810. The predicted molar refractivity (Wildman–Crippen MR) is 114 cm³/mol. The van der Waals surface area contributed by atoms with Crippen LogP contribution in [0, 0.1) is 10.1 Å². The summed E-state index contributed by atoms with van der Waals surface area (Å²) in [5, 5.41) is 13.2. The summed E-state index contributed by atoms with van der Waals surface area (Å²) in [6.45, 7) is 5.05. The van der Waals surface area contributed by atoms with Gasteiger partial charge < -0.3 is 19.5 Å². The normalized spacial score (nSPS) is 15.0. The first-order valence-electron chi connectivity index (χ1n) is 10.6. The van der Waals surface area contributed by atoms with Crippen LogP contribution in [0.4, 0.5) is 10.5 Å². The van der Waals surface area contributed by atoms with E-state index in [1.807, 2.05) is 0 Å². The minimum atomic E-state index is -1.04. The Hall–Kier alpha value is -3.17. The van der Waals surface area contributed by atoms with E-state index in [-0.39, 0.29) is 31.2 Å². The third-order valence-electron chi connectivity index (χ3n) is 4.74. The smallest absolute Gasteiger partial charge is 0.408 e. The van der Waals surface area contributed by atoms with Crippen LogP contribution in [0.25, 0.3) is 0 Å². The van der Waals surface area contributed by atoms with Gasteiger partial charge in [0, 0.05) is 18.6 Å². The van der Waals surface area contributed by atoms with Gasteiger partial charge in [0.15, 0.2) is 0 Å². The van der Waals surface area contributed by atoms with E-state index in [2.05, 4.69) is 5.32 Å². The molecule has 1 aromatic carbocycles. The van der Waals surface area contributed by atoms with Crippen LogP contribution in [0.2, 0.25) is 0 Å². The van der Waals surface area contributed by atoms with Crippen LogP contribution in [0.1, 0.15) is 64.9 Å². The van der Waals surface area contributed by atoms with Gasteiger partial charge in [0.25, 0.3) is 5.69 Å². The molecule has 0 spiro atoms. The summed E-state index contributed by atoms with van der Waals surface area (Å²) in [6.07, 6.45) is 2.43. The van der Waals surface area contributed by atoms with Crippen LogP contribution < -0.4 is 5.32 Å². The Balaban J connectivity index is 1.88. The van der Waals surface area contributed by atoms with Gasteiger partial charge in [0.2, 0.25) is 0 Å². The predicted octanol–water partition coefficient (Wildman–Crippen LogP) is 3.80. The van der Waals surface area contributed by atoms with E-state index in [4.69, 9.17) is 14.2 Å². The van der Waals surface area contributed by atoms with Gasteiger partial charge in [0.05, 0.1) is 4.92 Å². The van der Waals surface area contributed by atoms with Crippen molar-refractivity contribution in [3.8, 4) is 0 Å². The average molecular weight is 450 g/mol. The van der Waals surface area contributed by atoms with E-state index in [0.717, 1.165) is 25.7 Å². The number of rotatable bonds is 9. The fraction of sp³-hybridized carbons (Fsp3) is 0.591. The molecule has 0 aliphatic heterocycles. The number of nitrogens with zero attached hydrogens (tertiary/aromatic N) is 1. The second-order valence-corrected chi connectivity index (χ2v) is 8.67. The number of nitro groups is 1. The minimum Gasteiger partial charge on any atom is -0.461 e. The lowest BCUT2D eigenvalue weighted by Gasteiger charge is -2.23. The fourth-order valence-corrected chi connectivity index (χ4v) is 3.16. The Kier molecular flexibility index (Phi) is 8.98. The van der Waals surface area contributed by atoms with Crippen molar-refractivity contribution in [1.82, 2.24) is 5.32 Å². The number of carbonyl (C=O) groups is 3. The molecule has 10 heteroatoms. The molecule has 1 atom stereocenters. The summed E-state index contributed by atoms with van der Waals surface area (Å²) in [4.78, 5) is 47.0. The maximum absolute atomic E-state index is 12.6. The molecule has 0 aromatic heterocycles. The summed E-state index contributed by atoms with van der Waals surface area (Å²) in [6, 6.07) is 4.60. The third-order valence-corrected chi connectivity index (χ3v) is 4.74. The Morgan fingerprint density at radius 1 is 1.16 bits per heavy atom. The number of non-ortho nitro benzene ring substituents is 1. The number of carbonyl (C=O) groups excluding carboxylic acids is 3. The summed E-state index contributed by atoms with van der Waals surface area (Å²) in [5.74, 6) is -1.18. The van der Waals surface area contributed by atoms with Gasteiger partial charge in [-0.3, -0.25) is 14.9 Å². The first-order chi connectivity index (χ1) is 15.0. The van der Waals surface area contributed by atoms with Gasteiger partial charge in [0.1, 0.15) is 24.4 Å². The molecule has 0 unspecified atom stereocenters. The molecule has 1 aliphatic rings. The number of alkyl carbamates (subject to hydrolysis) is 1. The molecule has 1 fully saturated rings. The minimum absolute atomic E-state index is 0.0100. The van der Waals surface area contributed by atoms with E-state index >= 15 is 0 Å². The van der Waals surface area contributed by atoms with E-state index in [1.165, 1.54) is 24.3 Å². The molecule has 10 nitrogen and oxygen atoms in total. The summed E-state index contributed by atoms with van der Waals surface area (Å²) < 4.78 is 15.9. The highest BCUT2D eigenvalue weighted by Gasteiger charge is 2.29. The van der Waals surface area contributed by atoms with Crippen molar-refractivity contribution in [1.29, 1.82) is 0 Å². The lowest BCUT2D eigenvalue weighted by atomic mass is 10.1. The van der Waals surface area contributed by atoms with Crippen LogP contribution >= 0.6 is 0 Å². The highest BCUT2D eigenvalue weighted by Crippen LogP contribution is 2.22. The fourth-order valence-electron chi connectivity index (χ4n) is 3.16. The van der Waals surface area contributed by atoms with Crippen molar-refractivity contribution in [3.63, 3.8) is 0 Å². The number of esters is 2. The number of ether oxygens (including phenoxy) is 3. The van der Waals surface area contributed by atoms with E-state index < -0.39 is 34.6 Å². The topological polar surface area (TPSA) is 134 Å². The van der Waals surface area contributed by atoms with Gasteiger partial charge in [-0.1, -0.05) is 0 Å². The Labute approximate surface area is 186 Å². The molecular formula is C22H30N2O8. The Morgan fingerprint density at radius 2 is 1.78 bits per heavy atom. The maximum Gasteiger partial charge on any atom is 0.408 e. The van der Waals surface area contributed by atoms with Gasteiger partial charge >= 0.3 is 18.0 Å². The zero-order valence-electron chi connectivity index (χ0n) is 18.6. The van der Waals surface area contributed by atoms with Gasteiger partial charge in [-0.05, 0) is 70.6 Å². The molecule has 0 bridgehead atoms. The number of hydrogen-bond acceptors (Lipinski definition) is 8. The maximum atomic E-state index is 12.6. The first kappa shape index (κ1) is 25.1. The van der Waals surface area contributed by atoms with E-state index in [1.54, 1.807) is 20.8 Å². The number of hydrogen-bond donors (Lipinski definition) is 1. The van der Waals surface area contributed by atoms with Gasteiger partial charge in [-0.25, -0.2) is 9.59 Å². The molecule has 2 rings (SSSR count). The zero-order chi connectivity index (χ0) is 23.7. The van der Waals surface area contributed by atoms with Crippen LogP contribution in [0.3, 0.4) is 0 Å². The largest absolute Gasteiger partial charge is 0.461 e. The van der Waals surface area contributed by atoms with Crippen molar-refractivity contribution in [2.24, 2.45) is 0 Å². The average Bonchev–Trinajstić information content (AvgIpc) is 3.21. The number of benzene rings is 1. The highest BCUT2D eigenvalue weighted by atomic mass is 16.6. The molecule has 1 aromatic rings. The van der Waals surface area contributed by atoms with Gasteiger partial charge in [-0.15, -0.1) is 0 Å². The van der Waals surface area contributed by atoms with Crippen LogP contribution in [-0.4, -0.2) is 40.7 Å². The molecule has 0 heterocycles. The Morgan fingerprint density at radius 3 is 2.34 bits per heavy atom. The van der Waals surface area contributed by atoms with Crippen molar-refractivity contribution < 1.29 is 33.5 Å². The van der Waals surface area contributed by atoms with E-state index in [9.17, 15) is 24.5 Å². The lowest BCUT2D eigenvalue weighted by Crippen LogP contribution is -2.45. The van der Waals surface area contributed by atoms with Gasteiger partial charge in [-0.2, -0.15) is 0 Å². The molecule has 176 valence electrons. The molecule has 1 amide bonds. The summed E-state index contributed by atoms with van der Waals surface area (Å²) >= 11 is 0. The molecule has 1 saturated carbocycles. The monoisotopic (exact) mass is 450 g/mol. The standard InChI is InChI=1S/C22H30N2O8/c1-22(2,3)32-21(27)23-18(20(26)31-17-6-4-5-7-17)12-13-19(25)30-14-15-8-10-16(11-9-15)24(28)29/h8-11,17-18H,4-7,12-14H2,1-3H3,(H,23,27)/t18-/m1/s1. The van der Waals surface area contributed by atoms with Crippen molar-refractivity contribution in [3.05, 3.63) is 39.9 Å². The second-order valence-electron chi connectivity index (χ2n) is 8.67. The number of nitro benzene ring substituents is 1. The third kappa shape index (κ3) is 8.91. The molecule has 1 N–H and O–H groups in total. The van der Waals surface area contributed by atoms with Crippen LogP contribution in [0.5, 0.6) is 0 Å². The highest BCUT2D eigenvalue weighted by molar-refractivity contribution is 5.82. The van der Waals surface area contributed by atoms with Crippen molar-refractivity contribution in [2.45, 2.75) is 83.6 Å². The molecule has 32 heavy (non-hydrogen) atoms. The summed E-state index contributed by atoms with van der Waals surface area (Å²) in [7, 11) is 0. The quantitative estimate of drug-likeness (QED) is 0.260. The van der Waals surface area contributed by atoms with Crippen molar-refractivity contribution >= 4 is 23.7 Å². The lowest BCUT2D eigenvalue weighted by molar-refractivity contribution is -0.384. The molecule has 0 radical (unpaired) electrons. The van der Waals surface area contributed by atoms with Crippen LogP contribution in [0.15, 0.2) is 24.3 Å². The molecular weight excluding hydrogens is 420 g/mol. The molecule has 0 saturated heterocycles. The second kappa shape index (κ2) is 11.4. The van der Waals surface area contributed by atoms with E-state index in [0.29, 0.717) is 5.56 Å². The van der Waals surface area contributed by atoms with Crippen LogP contribution in [-0.2, 0) is 30.4 Å².